The Hall–Kier alpha value is -2.73. The molecule has 1 aliphatic rings. The number of esters is 1. The van der Waals surface area contributed by atoms with Crippen molar-refractivity contribution in [2.24, 2.45) is 5.92 Å². The predicted octanol–water partition coefficient (Wildman–Crippen LogP) is 3.49. The second kappa shape index (κ2) is 10.5. The number of nitrogens with two attached hydrogens (primary N) is 1. The van der Waals surface area contributed by atoms with Crippen molar-refractivity contribution in [2.45, 2.75) is 31.8 Å². The number of nitrogens with zero attached hydrogens (tertiary/aromatic N) is 4. The molecular weight excluding hydrogens is 543 g/mol. The van der Waals surface area contributed by atoms with Crippen LogP contribution in [0.15, 0.2) is 35.1 Å². The van der Waals surface area contributed by atoms with Crippen LogP contribution in [0, 0.1) is 5.92 Å². The van der Waals surface area contributed by atoms with E-state index in [1.165, 1.54) is 21.1 Å². The second-order valence-electron chi connectivity index (χ2n) is 8.12. The van der Waals surface area contributed by atoms with E-state index in [0.29, 0.717) is 22.8 Å². The summed E-state index contributed by atoms with van der Waals surface area (Å²) in [5, 5.41) is 2.66. The van der Waals surface area contributed by atoms with E-state index in [1.54, 1.807) is 24.5 Å². The maximum Gasteiger partial charge on any atom is 0.459 e. The number of nitrogen functional groups attached to an aromatic ring is 1. The molecule has 2 aromatic heterocycles. The molecule has 4 rings (SSSR count). The van der Waals surface area contributed by atoms with Crippen molar-refractivity contribution in [3.8, 4) is 11.6 Å². The Balaban J connectivity index is 1.42. The molecule has 1 unspecified atom stereocenters. The Morgan fingerprint density at radius 3 is 2.80 bits per heavy atom. The molecule has 35 heavy (non-hydrogen) atoms. The molecule has 1 aromatic carbocycles. The lowest BCUT2D eigenvalue weighted by Crippen LogP contribution is -2.36. The van der Waals surface area contributed by atoms with Crippen LogP contribution in [0.3, 0.4) is 0 Å². The van der Waals surface area contributed by atoms with Crippen LogP contribution >= 0.6 is 23.7 Å². The highest BCUT2D eigenvalue weighted by Crippen LogP contribution is 2.48. The first-order valence-corrected chi connectivity index (χ1v) is 13.1. The number of carbonyl (C=O) groups is 1. The van der Waals surface area contributed by atoms with Gasteiger partial charge in [0.05, 0.1) is 27.2 Å². The van der Waals surface area contributed by atoms with Gasteiger partial charge in [0.1, 0.15) is 11.8 Å². The molecule has 1 fully saturated rings. The molecule has 3 aromatic rings. The van der Waals surface area contributed by atoms with Gasteiger partial charge in [0, 0.05) is 10.5 Å². The molecule has 14 heteroatoms. The molecule has 1 saturated carbocycles. The maximum atomic E-state index is 13.5. The van der Waals surface area contributed by atoms with E-state index in [4.69, 9.17) is 24.3 Å². The van der Waals surface area contributed by atoms with Gasteiger partial charge in [0.2, 0.25) is 11.8 Å². The average Bonchev–Trinajstić information content (AvgIpc) is 3.20. The normalized spacial score (nSPS) is 20.0. The number of imidazole rings is 1. The highest BCUT2D eigenvalue weighted by molar-refractivity contribution is 9.10. The topological polar surface area (TPSA) is 153 Å². The van der Waals surface area contributed by atoms with E-state index in [1.807, 2.05) is 10.6 Å². The van der Waals surface area contributed by atoms with E-state index in [0.717, 1.165) is 17.3 Å². The molecule has 0 aliphatic heterocycles. The van der Waals surface area contributed by atoms with Crippen LogP contribution in [-0.2, 0) is 18.6 Å². The van der Waals surface area contributed by atoms with Crippen molar-refractivity contribution in [1.29, 1.82) is 0 Å². The van der Waals surface area contributed by atoms with Gasteiger partial charge in [-0.2, -0.15) is 15.1 Å². The monoisotopic (exact) mass is 568 g/mol. The number of hydrogen-bond acceptors (Lipinski definition) is 10. The summed E-state index contributed by atoms with van der Waals surface area (Å²) in [6.45, 7) is 1.69. The quantitative estimate of drug-likeness (QED) is 0.273. The molecular formula is C21H26BrN6O6P. The van der Waals surface area contributed by atoms with Crippen LogP contribution in [0.2, 0.25) is 0 Å². The van der Waals surface area contributed by atoms with Crippen molar-refractivity contribution in [2.75, 3.05) is 26.6 Å². The Kier molecular flexibility index (Phi) is 7.60. The zero-order chi connectivity index (χ0) is 25.2. The molecule has 188 valence electrons. The molecule has 1 aliphatic carbocycles. The fourth-order valence-corrected chi connectivity index (χ4v) is 5.74. The summed E-state index contributed by atoms with van der Waals surface area (Å²) in [7, 11) is -1.14. The first-order valence-electron chi connectivity index (χ1n) is 10.8. The SMILES string of the molecule is COC(=O)[C@H](C)NP(=O)(OC[C@H]1C[C@@H](n2cnc3c(OC)nc(N)nc32)C1)Oc1cccc(Br)c1. The van der Waals surface area contributed by atoms with Crippen LogP contribution < -0.4 is 20.1 Å². The lowest BCUT2D eigenvalue weighted by Gasteiger charge is -2.36. The lowest BCUT2D eigenvalue weighted by atomic mass is 9.81. The van der Waals surface area contributed by atoms with Crippen LogP contribution in [-0.4, -0.2) is 52.4 Å². The number of ether oxygens (including phenoxy) is 2. The molecule has 0 radical (unpaired) electrons. The second-order valence-corrected chi connectivity index (χ2v) is 10.7. The van der Waals surface area contributed by atoms with Crippen LogP contribution in [0.5, 0.6) is 11.6 Å². The predicted molar refractivity (Wildman–Crippen MR) is 131 cm³/mol. The number of anilines is 1. The van der Waals surface area contributed by atoms with Crippen molar-refractivity contribution in [3.63, 3.8) is 0 Å². The standard InChI is InChI=1S/C21H26BrN6O6P/c1-12(20(29)32-3)27-35(30,34-16-6-4-5-14(22)9-16)33-10-13-7-15(8-13)28-11-24-17-18(28)25-21(23)26-19(17)31-2/h4-6,9,11-13,15H,7-8,10H2,1-3H3,(H,27,30)(H2,23,25,26)/t12-,13-,15+,35?/m0/s1. The number of rotatable bonds is 10. The van der Waals surface area contributed by atoms with Gasteiger partial charge in [-0.15, -0.1) is 0 Å². The number of halogens is 1. The summed E-state index contributed by atoms with van der Waals surface area (Å²) in [5.74, 6) is 0.274. The van der Waals surface area contributed by atoms with Gasteiger partial charge in [-0.25, -0.2) is 9.55 Å². The molecule has 0 saturated heterocycles. The van der Waals surface area contributed by atoms with E-state index in [-0.39, 0.29) is 24.5 Å². The van der Waals surface area contributed by atoms with E-state index in [2.05, 4.69) is 36.0 Å². The molecule has 0 amide bonds. The van der Waals surface area contributed by atoms with Gasteiger partial charge < -0.3 is 24.3 Å². The van der Waals surface area contributed by atoms with Crippen LogP contribution in [0.4, 0.5) is 5.95 Å². The Morgan fingerprint density at radius 1 is 1.34 bits per heavy atom. The minimum atomic E-state index is -3.90. The number of methoxy groups -OCH3 is 2. The average molecular weight is 569 g/mol. The number of aromatic nitrogens is 4. The molecule has 2 heterocycles. The highest BCUT2D eigenvalue weighted by Gasteiger charge is 2.37. The number of benzene rings is 1. The number of fused-ring (bicyclic) bond motifs is 1. The Morgan fingerprint density at radius 2 is 2.11 bits per heavy atom. The van der Waals surface area contributed by atoms with Gasteiger partial charge in [-0.3, -0.25) is 9.32 Å². The van der Waals surface area contributed by atoms with Gasteiger partial charge in [0.25, 0.3) is 0 Å². The van der Waals surface area contributed by atoms with Crippen molar-refractivity contribution in [3.05, 3.63) is 35.1 Å². The van der Waals surface area contributed by atoms with E-state index < -0.39 is 19.8 Å². The van der Waals surface area contributed by atoms with Gasteiger partial charge in [-0.1, -0.05) is 22.0 Å². The summed E-state index contributed by atoms with van der Waals surface area (Å²) in [4.78, 5) is 24.6. The number of nitrogens with one attached hydrogen (secondary N) is 1. The molecule has 3 N–H and O–H groups in total. The first kappa shape index (κ1) is 25.4. The number of carbonyl (C=O) groups excluding carboxylic acids is 1. The minimum absolute atomic E-state index is 0.103. The lowest BCUT2D eigenvalue weighted by molar-refractivity contribution is -0.142. The largest absolute Gasteiger partial charge is 0.479 e. The third-order valence-electron chi connectivity index (χ3n) is 5.61. The number of hydrogen-bond donors (Lipinski definition) is 2. The fraction of sp³-hybridized carbons (Fsp3) is 0.429. The summed E-state index contributed by atoms with van der Waals surface area (Å²) in [6.07, 6.45) is 3.16. The maximum absolute atomic E-state index is 13.5. The van der Waals surface area contributed by atoms with Gasteiger partial charge in [0.15, 0.2) is 11.2 Å². The molecule has 0 spiro atoms. The minimum Gasteiger partial charge on any atom is -0.479 e. The molecule has 0 bridgehead atoms. The summed E-state index contributed by atoms with van der Waals surface area (Å²) >= 11 is 3.36. The van der Waals surface area contributed by atoms with Gasteiger partial charge in [-0.05, 0) is 43.9 Å². The first-order chi connectivity index (χ1) is 16.7. The molecule has 12 nitrogen and oxygen atoms in total. The zero-order valence-corrected chi connectivity index (χ0v) is 21.9. The Bertz CT molecular complexity index is 1270. The smallest absolute Gasteiger partial charge is 0.459 e. The zero-order valence-electron chi connectivity index (χ0n) is 19.4. The van der Waals surface area contributed by atoms with Gasteiger partial charge >= 0.3 is 13.7 Å². The summed E-state index contributed by atoms with van der Waals surface area (Å²) in [6, 6.07) is 6.07. The third-order valence-corrected chi connectivity index (χ3v) is 7.75. The fourth-order valence-electron chi connectivity index (χ4n) is 3.80. The van der Waals surface area contributed by atoms with E-state index in [9.17, 15) is 9.36 Å². The van der Waals surface area contributed by atoms with Crippen LogP contribution in [0.25, 0.3) is 11.2 Å². The third kappa shape index (κ3) is 5.75. The van der Waals surface area contributed by atoms with Crippen molar-refractivity contribution < 1.29 is 27.9 Å². The highest BCUT2D eigenvalue weighted by atomic mass is 79.9. The van der Waals surface area contributed by atoms with Crippen molar-refractivity contribution in [1.82, 2.24) is 24.6 Å². The van der Waals surface area contributed by atoms with E-state index >= 15 is 0 Å². The summed E-state index contributed by atoms with van der Waals surface area (Å²) < 4.78 is 37.6. The molecule has 2 atom stereocenters. The Labute approximate surface area is 210 Å². The van der Waals surface area contributed by atoms with Crippen molar-refractivity contribution >= 4 is 46.8 Å². The summed E-state index contributed by atoms with van der Waals surface area (Å²) in [5.41, 5.74) is 6.93. The van der Waals surface area contributed by atoms with Crippen LogP contribution in [0.1, 0.15) is 25.8 Å².